The van der Waals surface area contributed by atoms with Gasteiger partial charge in [-0.2, -0.15) is 0 Å². The van der Waals surface area contributed by atoms with E-state index in [-0.39, 0.29) is 11.5 Å². The van der Waals surface area contributed by atoms with Gasteiger partial charge in [0.2, 0.25) is 5.91 Å². The first-order valence-corrected chi connectivity index (χ1v) is 8.22. The molecule has 0 saturated heterocycles. The summed E-state index contributed by atoms with van der Waals surface area (Å²) >= 11 is 0. The van der Waals surface area contributed by atoms with Crippen molar-refractivity contribution in [1.82, 2.24) is 4.98 Å². The van der Waals surface area contributed by atoms with Crippen LogP contribution in [-0.2, 0) is 24.1 Å². The Morgan fingerprint density at radius 1 is 1.04 bits per heavy atom. The Kier molecular flexibility index (Phi) is 3.65. The molecule has 1 aliphatic carbocycles. The molecule has 0 unspecified atom stereocenters. The Labute approximate surface area is 139 Å². The van der Waals surface area contributed by atoms with Crippen LogP contribution in [0.3, 0.4) is 0 Å². The van der Waals surface area contributed by atoms with E-state index in [4.69, 9.17) is 0 Å². The van der Waals surface area contributed by atoms with Crippen molar-refractivity contribution in [3.05, 3.63) is 75.6 Å². The lowest BCUT2D eigenvalue weighted by Gasteiger charge is -2.09. The normalized spacial score (nSPS) is 13.0. The molecule has 120 valence electrons. The van der Waals surface area contributed by atoms with Gasteiger partial charge in [0.15, 0.2) is 0 Å². The second kappa shape index (κ2) is 5.96. The van der Waals surface area contributed by atoms with Crippen LogP contribution in [-0.4, -0.2) is 10.9 Å². The summed E-state index contributed by atoms with van der Waals surface area (Å²) in [5.41, 5.74) is 4.55. The molecule has 0 radical (unpaired) electrons. The number of aryl methyl sites for hydroxylation is 1. The highest BCUT2D eigenvalue weighted by Crippen LogP contribution is 2.27. The van der Waals surface area contributed by atoms with Gasteiger partial charge >= 0.3 is 0 Å². The molecule has 1 aliphatic rings. The molecule has 0 fully saturated rings. The summed E-state index contributed by atoms with van der Waals surface area (Å²) in [6.07, 6.45) is 3.18. The smallest absolute Gasteiger partial charge is 0.251 e. The van der Waals surface area contributed by atoms with E-state index in [1.165, 1.54) is 0 Å². The van der Waals surface area contributed by atoms with Gasteiger partial charge in [-0.1, -0.05) is 36.4 Å². The summed E-state index contributed by atoms with van der Waals surface area (Å²) in [6.45, 7) is 0. The zero-order valence-corrected chi connectivity index (χ0v) is 13.3. The lowest BCUT2D eigenvalue weighted by molar-refractivity contribution is -0.115. The van der Waals surface area contributed by atoms with Crippen LogP contribution >= 0.6 is 0 Å². The van der Waals surface area contributed by atoms with Crippen molar-refractivity contribution in [3.8, 4) is 0 Å². The van der Waals surface area contributed by atoms with Crippen molar-refractivity contribution in [3.63, 3.8) is 0 Å². The van der Waals surface area contributed by atoms with Gasteiger partial charge < -0.3 is 10.3 Å². The van der Waals surface area contributed by atoms with Crippen molar-refractivity contribution < 1.29 is 4.79 Å². The highest BCUT2D eigenvalue weighted by molar-refractivity contribution is 5.95. The standard InChI is InChI=1S/C20H18N2O2/c23-19(11-13-5-2-1-3-6-13)21-14-9-10-16-15-7-4-8-17(15)20(24)22-18(16)12-14/h1-3,5-6,9-10,12H,4,7-8,11H2,(H,21,23)(H,22,24). The van der Waals surface area contributed by atoms with Crippen LogP contribution in [0, 0.1) is 0 Å². The van der Waals surface area contributed by atoms with E-state index >= 15 is 0 Å². The minimum atomic E-state index is -0.0657. The molecule has 0 spiro atoms. The van der Waals surface area contributed by atoms with Crippen LogP contribution in [0.15, 0.2) is 53.3 Å². The summed E-state index contributed by atoms with van der Waals surface area (Å²) < 4.78 is 0. The van der Waals surface area contributed by atoms with Gasteiger partial charge in [0.05, 0.1) is 11.9 Å². The maximum absolute atomic E-state index is 12.2. The molecule has 1 amide bonds. The van der Waals surface area contributed by atoms with E-state index in [0.717, 1.165) is 46.9 Å². The van der Waals surface area contributed by atoms with Crippen LogP contribution in [0.4, 0.5) is 5.69 Å². The number of amides is 1. The first-order valence-electron chi connectivity index (χ1n) is 8.22. The molecular weight excluding hydrogens is 300 g/mol. The third kappa shape index (κ3) is 2.71. The van der Waals surface area contributed by atoms with Crippen LogP contribution in [0.2, 0.25) is 0 Å². The molecule has 3 aromatic rings. The van der Waals surface area contributed by atoms with Gasteiger partial charge in [-0.3, -0.25) is 9.59 Å². The minimum absolute atomic E-state index is 0.00256. The molecule has 4 rings (SSSR count). The molecule has 24 heavy (non-hydrogen) atoms. The van der Waals surface area contributed by atoms with Gasteiger partial charge in [-0.05, 0) is 42.5 Å². The first-order chi connectivity index (χ1) is 11.7. The zero-order valence-electron chi connectivity index (χ0n) is 13.3. The first kappa shape index (κ1) is 14.7. The fourth-order valence-corrected chi connectivity index (χ4v) is 3.46. The van der Waals surface area contributed by atoms with E-state index < -0.39 is 0 Å². The Hall–Kier alpha value is -2.88. The topological polar surface area (TPSA) is 62.0 Å². The lowest BCUT2D eigenvalue weighted by atomic mass is 10.1. The van der Waals surface area contributed by atoms with Crippen LogP contribution < -0.4 is 10.9 Å². The van der Waals surface area contributed by atoms with E-state index in [1.54, 1.807) is 0 Å². The summed E-state index contributed by atoms with van der Waals surface area (Å²) in [5.74, 6) is -0.0657. The minimum Gasteiger partial charge on any atom is -0.326 e. The number of rotatable bonds is 3. The maximum atomic E-state index is 12.2. The highest BCUT2D eigenvalue weighted by atomic mass is 16.1. The Balaban J connectivity index is 1.60. The predicted molar refractivity (Wildman–Crippen MR) is 95.4 cm³/mol. The summed E-state index contributed by atoms with van der Waals surface area (Å²) in [4.78, 5) is 27.3. The molecule has 2 aromatic carbocycles. The molecular formula is C20H18N2O2. The predicted octanol–water partition coefficient (Wildman–Crippen LogP) is 3.20. The summed E-state index contributed by atoms with van der Waals surface area (Å²) in [5, 5.41) is 4.00. The molecule has 1 heterocycles. The summed E-state index contributed by atoms with van der Waals surface area (Å²) in [6, 6.07) is 15.4. The number of carbonyl (C=O) groups is 1. The molecule has 0 atom stereocenters. The van der Waals surface area contributed by atoms with Crippen molar-refractivity contribution in [2.24, 2.45) is 0 Å². The van der Waals surface area contributed by atoms with Gasteiger partial charge in [-0.25, -0.2) is 0 Å². The second-order valence-electron chi connectivity index (χ2n) is 6.24. The number of fused-ring (bicyclic) bond motifs is 3. The van der Waals surface area contributed by atoms with Crippen LogP contribution in [0.5, 0.6) is 0 Å². The van der Waals surface area contributed by atoms with Gasteiger partial charge in [0.25, 0.3) is 5.56 Å². The number of aromatic amines is 1. The average molecular weight is 318 g/mol. The quantitative estimate of drug-likeness (QED) is 0.779. The number of carbonyl (C=O) groups excluding carboxylic acids is 1. The fraction of sp³-hybridized carbons (Fsp3) is 0.200. The average Bonchev–Trinajstić information content (AvgIpc) is 3.06. The van der Waals surface area contributed by atoms with E-state index in [9.17, 15) is 9.59 Å². The molecule has 0 bridgehead atoms. The number of anilines is 1. The Bertz CT molecular complexity index is 974. The third-order valence-electron chi connectivity index (χ3n) is 4.58. The van der Waals surface area contributed by atoms with Crippen LogP contribution in [0.25, 0.3) is 10.9 Å². The summed E-state index contributed by atoms with van der Waals surface area (Å²) in [7, 11) is 0. The monoisotopic (exact) mass is 318 g/mol. The van der Waals surface area contributed by atoms with E-state index in [2.05, 4.69) is 10.3 Å². The Morgan fingerprint density at radius 3 is 2.67 bits per heavy atom. The van der Waals surface area contributed by atoms with Gasteiger partial charge in [0, 0.05) is 16.6 Å². The van der Waals surface area contributed by atoms with E-state index in [1.807, 2.05) is 48.5 Å². The van der Waals surface area contributed by atoms with Crippen LogP contribution in [0.1, 0.15) is 23.1 Å². The molecule has 0 saturated carbocycles. The largest absolute Gasteiger partial charge is 0.326 e. The van der Waals surface area contributed by atoms with Gasteiger partial charge in [-0.15, -0.1) is 0 Å². The number of hydrogen-bond donors (Lipinski definition) is 2. The molecule has 4 nitrogen and oxygen atoms in total. The van der Waals surface area contributed by atoms with Crippen molar-refractivity contribution in [2.75, 3.05) is 5.32 Å². The third-order valence-corrected chi connectivity index (χ3v) is 4.58. The van der Waals surface area contributed by atoms with Crippen molar-refractivity contribution >= 4 is 22.5 Å². The molecule has 4 heteroatoms. The highest BCUT2D eigenvalue weighted by Gasteiger charge is 2.18. The number of H-pyrrole nitrogens is 1. The van der Waals surface area contributed by atoms with Crippen molar-refractivity contribution in [1.29, 1.82) is 0 Å². The Morgan fingerprint density at radius 2 is 1.83 bits per heavy atom. The lowest BCUT2D eigenvalue weighted by Crippen LogP contribution is -2.15. The maximum Gasteiger partial charge on any atom is 0.251 e. The van der Waals surface area contributed by atoms with E-state index in [0.29, 0.717) is 12.1 Å². The zero-order chi connectivity index (χ0) is 16.5. The molecule has 1 aromatic heterocycles. The molecule has 0 aliphatic heterocycles. The SMILES string of the molecule is O=C(Cc1ccccc1)Nc1ccc2c3c(c(=O)[nH]c2c1)CCC3. The number of aromatic nitrogens is 1. The number of hydrogen-bond acceptors (Lipinski definition) is 2. The van der Waals surface area contributed by atoms with Gasteiger partial charge in [0.1, 0.15) is 0 Å². The number of benzene rings is 2. The van der Waals surface area contributed by atoms with Crippen molar-refractivity contribution in [2.45, 2.75) is 25.7 Å². The second-order valence-corrected chi connectivity index (χ2v) is 6.24. The number of pyridine rings is 1. The number of nitrogens with one attached hydrogen (secondary N) is 2. The molecule has 2 N–H and O–H groups in total. The fourth-order valence-electron chi connectivity index (χ4n) is 3.46.